The molecule has 0 radical (unpaired) electrons. The second-order valence-electron chi connectivity index (χ2n) is 8.40. The number of esters is 1. The summed E-state index contributed by atoms with van der Waals surface area (Å²) in [6.07, 6.45) is 10.1. The number of aromatic nitrogens is 2. The van der Waals surface area contributed by atoms with Gasteiger partial charge in [0.15, 0.2) is 0 Å². The lowest BCUT2D eigenvalue weighted by atomic mass is 9.73. The van der Waals surface area contributed by atoms with E-state index in [1.807, 2.05) is 18.7 Å². The van der Waals surface area contributed by atoms with Gasteiger partial charge in [-0.2, -0.15) is 0 Å². The first-order chi connectivity index (χ1) is 15.5. The van der Waals surface area contributed by atoms with Crippen LogP contribution in [0.4, 0.5) is 0 Å². The molecule has 2 aromatic rings. The Labute approximate surface area is 197 Å². The number of carbonyl (C=O) groups is 1. The maximum atomic E-state index is 11.4. The molecular weight excluding hydrogens is 416 g/mol. The van der Waals surface area contributed by atoms with Gasteiger partial charge in [0.25, 0.3) is 0 Å². The fraction of sp³-hybridized carbons (Fsp3) is 0.519. The van der Waals surface area contributed by atoms with E-state index in [1.54, 1.807) is 12.4 Å². The molecule has 32 heavy (non-hydrogen) atoms. The molecule has 170 valence electrons. The summed E-state index contributed by atoms with van der Waals surface area (Å²) in [5, 5.41) is 0. The van der Waals surface area contributed by atoms with Crippen LogP contribution >= 0.6 is 11.8 Å². The number of hydrogen-bond donors (Lipinski definition) is 0. The summed E-state index contributed by atoms with van der Waals surface area (Å²) in [5.74, 6) is 7.62. The maximum Gasteiger partial charge on any atom is 0.305 e. The molecule has 0 fully saturated rings. The molecule has 0 amide bonds. The number of thioether (sulfide) groups is 1. The fourth-order valence-electron chi connectivity index (χ4n) is 4.31. The molecule has 1 aliphatic heterocycles. The van der Waals surface area contributed by atoms with Gasteiger partial charge in [-0.15, -0.1) is 11.8 Å². The SMILES string of the molecule is CCOC(=O)CCCCc1cnc(C#Cc2cc3c(cc2C)SCCC3(CC)CC)cn1. The highest BCUT2D eigenvalue weighted by atomic mass is 32.2. The first kappa shape index (κ1) is 24.3. The number of carbonyl (C=O) groups excluding carboxylic acids is 1. The van der Waals surface area contributed by atoms with E-state index < -0.39 is 0 Å². The van der Waals surface area contributed by atoms with Gasteiger partial charge in [-0.3, -0.25) is 9.78 Å². The molecule has 1 aliphatic rings. The van der Waals surface area contributed by atoms with Crippen LogP contribution in [0.15, 0.2) is 29.4 Å². The Kier molecular flexibility index (Phi) is 8.75. The highest BCUT2D eigenvalue weighted by molar-refractivity contribution is 7.99. The Hall–Kier alpha value is -2.32. The largest absolute Gasteiger partial charge is 0.466 e. The van der Waals surface area contributed by atoms with Crippen LogP contribution in [0.5, 0.6) is 0 Å². The summed E-state index contributed by atoms with van der Waals surface area (Å²) in [6, 6.07) is 4.64. The summed E-state index contributed by atoms with van der Waals surface area (Å²) in [7, 11) is 0. The van der Waals surface area contributed by atoms with Gasteiger partial charge in [0.05, 0.1) is 18.5 Å². The van der Waals surface area contributed by atoms with Gasteiger partial charge in [0.1, 0.15) is 5.69 Å². The highest BCUT2D eigenvalue weighted by Gasteiger charge is 2.34. The third-order valence-electron chi connectivity index (χ3n) is 6.49. The molecule has 1 aromatic carbocycles. The number of fused-ring (bicyclic) bond motifs is 1. The van der Waals surface area contributed by atoms with Crippen molar-refractivity contribution in [1.82, 2.24) is 9.97 Å². The van der Waals surface area contributed by atoms with Gasteiger partial charge in [0.2, 0.25) is 0 Å². The molecule has 0 saturated heterocycles. The Bertz CT molecular complexity index is 985. The van der Waals surface area contributed by atoms with Crippen molar-refractivity contribution in [2.24, 2.45) is 0 Å². The summed E-state index contributed by atoms with van der Waals surface area (Å²) >= 11 is 1.98. The molecule has 0 unspecified atom stereocenters. The minimum atomic E-state index is -0.129. The van der Waals surface area contributed by atoms with Crippen LogP contribution in [-0.2, 0) is 21.4 Å². The van der Waals surface area contributed by atoms with E-state index in [0.29, 0.717) is 18.7 Å². The van der Waals surface area contributed by atoms with Crippen molar-refractivity contribution < 1.29 is 9.53 Å². The van der Waals surface area contributed by atoms with Gasteiger partial charge >= 0.3 is 5.97 Å². The second-order valence-corrected chi connectivity index (χ2v) is 9.54. The van der Waals surface area contributed by atoms with Crippen LogP contribution in [0.25, 0.3) is 0 Å². The lowest BCUT2D eigenvalue weighted by Crippen LogP contribution is -2.29. The normalized spacial score (nSPS) is 14.2. The van der Waals surface area contributed by atoms with Crippen molar-refractivity contribution in [1.29, 1.82) is 0 Å². The maximum absolute atomic E-state index is 11.4. The van der Waals surface area contributed by atoms with Gasteiger partial charge in [0, 0.05) is 23.1 Å². The minimum absolute atomic E-state index is 0.129. The fourth-order valence-corrected chi connectivity index (χ4v) is 5.72. The zero-order chi connectivity index (χ0) is 23.0. The molecule has 1 aromatic heterocycles. The topological polar surface area (TPSA) is 52.1 Å². The van der Waals surface area contributed by atoms with Crippen molar-refractivity contribution in [3.63, 3.8) is 0 Å². The van der Waals surface area contributed by atoms with Crippen molar-refractivity contribution in [2.45, 2.75) is 83.0 Å². The number of rotatable bonds is 8. The molecule has 0 N–H and O–H groups in total. The molecule has 0 saturated carbocycles. The predicted octanol–water partition coefficient (Wildman–Crippen LogP) is 6.01. The van der Waals surface area contributed by atoms with Gasteiger partial charge in [-0.1, -0.05) is 19.8 Å². The summed E-state index contributed by atoms with van der Waals surface area (Å²) in [5.41, 5.74) is 5.67. The van der Waals surface area contributed by atoms with Crippen LogP contribution in [0.2, 0.25) is 0 Å². The summed E-state index contributed by atoms with van der Waals surface area (Å²) in [4.78, 5) is 21.8. The molecular formula is C27H34N2O2S. The van der Waals surface area contributed by atoms with Crippen molar-refractivity contribution in [3.8, 4) is 11.8 Å². The smallest absolute Gasteiger partial charge is 0.305 e. The van der Waals surface area contributed by atoms with Crippen LogP contribution in [0, 0.1) is 18.8 Å². The van der Waals surface area contributed by atoms with Crippen molar-refractivity contribution in [3.05, 3.63) is 52.6 Å². The summed E-state index contributed by atoms with van der Waals surface area (Å²) in [6.45, 7) is 9.03. The van der Waals surface area contributed by atoms with Crippen molar-refractivity contribution >= 4 is 17.7 Å². The van der Waals surface area contributed by atoms with E-state index in [-0.39, 0.29) is 11.4 Å². The Balaban J connectivity index is 1.67. The molecule has 2 heterocycles. The van der Waals surface area contributed by atoms with Crippen LogP contribution < -0.4 is 0 Å². The van der Waals surface area contributed by atoms with E-state index in [1.165, 1.54) is 41.0 Å². The quantitative estimate of drug-likeness (QED) is 0.280. The molecule has 0 atom stereocenters. The molecule has 0 spiro atoms. The Morgan fingerprint density at radius 1 is 1.12 bits per heavy atom. The molecule has 0 bridgehead atoms. The average molecular weight is 451 g/mol. The van der Waals surface area contributed by atoms with E-state index >= 15 is 0 Å². The van der Waals surface area contributed by atoms with Crippen LogP contribution in [-0.4, -0.2) is 28.3 Å². The third-order valence-corrected chi connectivity index (χ3v) is 7.55. The monoisotopic (exact) mass is 450 g/mol. The number of ether oxygens (including phenoxy) is 1. The lowest BCUT2D eigenvalue weighted by molar-refractivity contribution is -0.143. The number of benzene rings is 1. The van der Waals surface area contributed by atoms with E-state index in [4.69, 9.17) is 4.74 Å². The highest BCUT2D eigenvalue weighted by Crippen LogP contribution is 2.46. The number of nitrogens with zero attached hydrogens (tertiary/aromatic N) is 2. The van der Waals surface area contributed by atoms with E-state index in [2.05, 4.69) is 54.7 Å². The third kappa shape index (κ3) is 5.92. The predicted molar refractivity (Wildman–Crippen MR) is 131 cm³/mol. The molecule has 5 heteroatoms. The van der Waals surface area contributed by atoms with E-state index in [0.717, 1.165) is 30.5 Å². The minimum Gasteiger partial charge on any atom is -0.466 e. The van der Waals surface area contributed by atoms with Crippen LogP contribution in [0.3, 0.4) is 0 Å². The number of unbranched alkanes of at least 4 members (excludes halogenated alkanes) is 1. The second kappa shape index (κ2) is 11.5. The average Bonchev–Trinajstić information content (AvgIpc) is 2.81. The first-order valence-corrected chi connectivity index (χ1v) is 12.8. The van der Waals surface area contributed by atoms with Crippen molar-refractivity contribution in [2.75, 3.05) is 12.4 Å². The number of aryl methyl sites for hydroxylation is 2. The van der Waals surface area contributed by atoms with E-state index in [9.17, 15) is 4.79 Å². The first-order valence-electron chi connectivity index (χ1n) is 11.8. The zero-order valence-corrected chi connectivity index (χ0v) is 20.6. The van der Waals surface area contributed by atoms with Crippen LogP contribution in [0.1, 0.15) is 87.4 Å². The molecule has 4 nitrogen and oxygen atoms in total. The Morgan fingerprint density at radius 2 is 1.94 bits per heavy atom. The lowest BCUT2D eigenvalue weighted by Gasteiger charge is -2.38. The Morgan fingerprint density at radius 3 is 2.62 bits per heavy atom. The number of hydrogen-bond acceptors (Lipinski definition) is 5. The molecule has 3 rings (SSSR count). The summed E-state index contributed by atoms with van der Waals surface area (Å²) < 4.78 is 4.95. The van der Waals surface area contributed by atoms with Gasteiger partial charge in [-0.05, 0) is 92.7 Å². The van der Waals surface area contributed by atoms with Gasteiger partial charge < -0.3 is 4.74 Å². The van der Waals surface area contributed by atoms with Gasteiger partial charge in [-0.25, -0.2) is 4.98 Å². The standard InChI is InChI=1S/C27H34N2O2S/c1-5-27(6-2)14-15-32-25-16-20(4)21(17-24(25)27)12-13-23-19-28-22(18-29-23)10-8-9-11-26(30)31-7-3/h16-19H,5-11,14-15H2,1-4H3. The molecule has 0 aliphatic carbocycles. The zero-order valence-electron chi connectivity index (χ0n) is 19.8.